The molecule has 0 fully saturated rings. The lowest BCUT2D eigenvalue weighted by Crippen LogP contribution is -2.13. The summed E-state index contributed by atoms with van der Waals surface area (Å²) in [6.07, 6.45) is 0. The Kier molecular flexibility index (Phi) is 4.11. The molecule has 6 heteroatoms. The summed E-state index contributed by atoms with van der Waals surface area (Å²) in [4.78, 5) is 21.6. The normalized spacial score (nSPS) is 11.4. The molecule has 0 aliphatic rings. The zero-order valence-corrected chi connectivity index (χ0v) is 15.2. The maximum atomic E-state index is 13.5. The van der Waals surface area contributed by atoms with Gasteiger partial charge in [-0.2, -0.15) is 0 Å². The molecule has 2 aromatic heterocycles. The Hall–Kier alpha value is -3.28. The highest BCUT2D eigenvalue weighted by atomic mass is 19.1. The fourth-order valence-electron chi connectivity index (χ4n) is 2.99. The van der Waals surface area contributed by atoms with E-state index in [-0.39, 0.29) is 17.6 Å². The van der Waals surface area contributed by atoms with Gasteiger partial charge in [-0.25, -0.2) is 9.37 Å². The first kappa shape index (κ1) is 17.1. The number of aryl methyl sites for hydroxylation is 1. The highest BCUT2D eigenvalue weighted by Gasteiger charge is 2.15. The minimum Gasteiger partial charge on any atom is -0.440 e. The molecular formula is C21H18FN3O2. The van der Waals surface area contributed by atoms with Gasteiger partial charge in [-0.1, -0.05) is 13.8 Å². The molecule has 0 atom stereocenters. The van der Waals surface area contributed by atoms with Gasteiger partial charge in [-0.05, 0) is 43.3 Å². The summed E-state index contributed by atoms with van der Waals surface area (Å²) in [5.74, 6) is 0.168. The van der Waals surface area contributed by atoms with Crippen LogP contribution in [0.5, 0.6) is 0 Å². The van der Waals surface area contributed by atoms with Gasteiger partial charge in [-0.15, -0.1) is 0 Å². The van der Waals surface area contributed by atoms with Crippen LogP contribution in [0.3, 0.4) is 0 Å². The molecular weight excluding hydrogens is 345 g/mol. The number of nitrogens with zero attached hydrogens (tertiary/aromatic N) is 2. The minimum absolute atomic E-state index is 0.182. The standard InChI is InChI=1S/C21H18FN3O2/c1-11(2)21-25-18-10-14(5-7-19(18)27-21)24-20(26)16-8-12(3)23-17-9-13(22)4-6-15(16)17/h4-11H,1-3H3,(H,24,26). The Morgan fingerprint density at radius 3 is 2.67 bits per heavy atom. The minimum atomic E-state index is -0.385. The third-order valence-electron chi connectivity index (χ3n) is 4.30. The lowest BCUT2D eigenvalue weighted by atomic mass is 10.1. The number of hydrogen-bond donors (Lipinski definition) is 1. The number of nitrogens with one attached hydrogen (secondary N) is 1. The van der Waals surface area contributed by atoms with Crippen molar-refractivity contribution in [3.63, 3.8) is 0 Å². The van der Waals surface area contributed by atoms with E-state index >= 15 is 0 Å². The zero-order valence-electron chi connectivity index (χ0n) is 15.2. The summed E-state index contributed by atoms with van der Waals surface area (Å²) in [6.45, 7) is 5.79. The van der Waals surface area contributed by atoms with Crippen LogP contribution in [0.4, 0.5) is 10.1 Å². The van der Waals surface area contributed by atoms with Crippen LogP contribution >= 0.6 is 0 Å². The number of rotatable bonds is 3. The average molecular weight is 363 g/mol. The molecule has 4 rings (SSSR count). The maximum absolute atomic E-state index is 13.5. The Morgan fingerprint density at radius 2 is 1.89 bits per heavy atom. The summed E-state index contributed by atoms with van der Waals surface area (Å²) >= 11 is 0. The summed E-state index contributed by atoms with van der Waals surface area (Å²) < 4.78 is 19.2. The Balaban J connectivity index is 1.70. The van der Waals surface area contributed by atoms with Crippen molar-refractivity contribution in [3.05, 3.63) is 65.4 Å². The summed E-state index contributed by atoms with van der Waals surface area (Å²) in [7, 11) is 0. The first-order chi connectivity index (χ1) is 12.9. The number of amides is 1. The smallest absolute Gasteiger partial charge is 0.256 e. The van der Waals surface area contributed by atoms with Crippen molar-refractivity contribution in [1.82, 2.24) is 9.97 Å². The van der Waals surface area contributed by atoms with Crippen molar-refractivity contribution in [2.24, 2.45) is 0 Å². The van der Waals surface area contributed by atoms with Crippen molar-refractivity contribution in [1.29, 1.82) is 0 Å². The number of hydrogen-bond acceptors (Lipinski definition) is 4. The SMILES string of the molecule is Cc1cc(C(=O)Nc2ccc3oc(C(C)C)nc3c2)c2ccc(F)cc2n1. The largest absolute Gasteiger partial charge is 0.440 e. The fraction of sp³-hybridized carbons (Fsp3) is 0.190. The van der Waals surface area contributed by atoms with Gasteiger partial charge >= 0.3 is 0 Å². The summed E-state index contributed by atoms with van der Waals surface area (Å²) in [5.41, 5.74) is 3.52. The molecule has 2 aromatic carbocycles. The average Bonchev–Trinajstić information content (AvgIpc) is 3.04. The number of pyridine rings is 1. The molecule has 0 unspecified atom stereocenters. The van der Waals surface area contributed by atoms with Crippen LogP contribution in [0.2, 0.25) is 0 Å². The number of oxazole rings is 1. The van der Waals surface area contributed by atoms with Gasteiger partial charge in [0.15, 0.2) is 11.5 Å². The molecule has 0 radical (unpaired) electrons. The molecule has 0 aliphatic heterocycles. The first-order valence-electron chi connectivity index (χ1n) is 8.69. The van der Waals surface area contributed by atoms with E-state index in [9.17, 15) is 9.18 Å². The van der Waals surface area contributed by atoms with Gasteiger partial charge in [0.2, 0.25) is 0 Å². The molecule has 1 amide bonds. The van der Waals surface area contributed by atoms with Crippen LogP contribution in [0.1, 0.15) is 41.7 Å². The van der Waals surface area contributed by atoms with E-state index in [4.69, 9.17) is 4.42 Å². The van der Waals surface area contributed by atoms with E-state index in [1.807, 2.05) is 13.8 Å². The van der Waals surface area contributed by atoms with Crippen molar-refractivity contribution in [3.8, 4) is 0 Å². The van der Waals surface area contributed by atoms with E-state index in [2.05, 4.69) is 15.3 Å². The topological polar surface area (TPSA) is 68.0 Å². The predicted molar refractivity (Wildman–Crippen MR) is 102 cm³/mol. The first-order valence-corrected chi connectivity index (χ1v) is 8.69. The number of halogens is 1. The van der Waals surface area contributed by atoms with Crippen LogP contribution in [0.15, 0.2) is 46.9 Å². The van der Waals surface area contributed by atoms with Crippen molar-refractivity contribution >= 4 is 33.6 Å². The monoisotopic (exact) mass is 363 g/mol. The van der Waals surface area contributed by atoms with E-state index in [0.29, 0.717) is 44.8 Å². The van der Waals surface area contributed by atoms with E-state index < -0.39 is 0 Å². The molecule has 0 spiro atoms. The van der Waals surface area contributed by atoms with Crippen LogP contribution in [0.25, 0.3) is 22.0 Å². The van der Waals surface area contributed by atoms with Gasteiger partial charge < -0.3 is 9.73 Å². The van der Waals surface area contributed by atoms with Crippen LogP contribution in [0, 0.1) is 12.7 Å². The van der Waals surface area contributed by atoms with Gasteiger partial charge in [0, 0.05) is 28.8 Å². The molecule has 136 valence electrons. The number of benzene rings is 2. The second-order valence-electron chi connectivity index (χ2n) is 6.82. The van der Waals surface area contributed by atoms with Crippen molar-refractivity contribution in [2.45, 2.75) is 26.7 Å². The Labute approximate surface area is 155 Å². The van der Waals surface area contributed by atoms with Crippen LogP contribution in [-0.4, -0.2) is 15.9 Å². The number of aromatic nitrogens is 2. The quantitative estimate of drug-likeness (QED) is 0.543. The number of carbonyl (C=O) groups is 1. The molecule has 0 bridgehead atoms. The van der Waals surface area contributed by atoms with E-state index in [1.54, 1.807) is 37.3 Å². The summed E-state index contributed by atoms with van der Waals surface area (Å²) in [6, 6.07) is 11.3. The lowest BCUT2D eigenvalue weighted by Gasteiger charge is -2.09. The predicted octanol–water partition coefficient (Wildman–Crippen LogP) is 5.20. The van der Waals surface area contributed by atoms with Gasteiger partial charge in [0.05, 0.1) is 11.1 Å². The van der Waals surface area contributed by atoms with E-state index in [1.165, 1.54) is 12.1 Å². The molecule has 0 aliphatic carbocycles. The van der Waals surface area contributed by atoms with Crippen molar-refractivity contribution < 1.29 is 13.6 Å². The van der Waals surface area contributed by atoms with Crippen LogP contribution in [-0.2, 0) is 0 Å². The second kappa shape index (κ2) is 6.46. The number of carbonyl (C=O) groups excluding carboxylic acids is 1. The fourth-order valence-corrected chi connectivity index (χ4v) is 2.99. The Morgan fingerprint density at radius 1 is 1.07 bits per heavy atom. The molecule has 2 heterocycles. The summed E-state index contributed by atoms with van der Waals surface area (Å²) in [5, 5.41) is 3.48. The molecule has 4 aromatic rings. The highest BCUT2D eigenvalue weighted by molar-refractivity contribution is 6.12. The van der Waals surface area contributed by atoms with Gasteiger partial charge in [0.25, 0.3) is 5.91 Å². The molecule has 27 heavy (non-hydrogen) atoms. The van der Waals surface area contributed by atoms with Gasteiger partial charge in [-0.3, -0.25) is 9.78 Å². The molecule has 1 N–H and O–H groups in total. The maximum Gasteiger partial charge on any atom is 0.256 e. The lowest BCUT2D eigenvalue weighted by molar-refractivity contribution is 0.102. The third kappa shape index (κ3) is 3.26. The van der Waals surface area contributed by atoms with Crippen molar-refractivity contribution in [2.75, 3.05) is 5.32 Å². The third-order valence-corrected chi connectivity index (χ3v) is 4.30. The molecule has 0 saturated heterocycles. The Bertz CT molecular complexity index is 1180. The number of fused-ring (bicyclic) bond motifs is 2. The second-order valence-corrected chi connectivity index (χ2v) is 6.82. The molecule has 5 nitrogen and oxygen atoms in total. The van der Waals surface area contributed by atoms with Gasteiger partial charge in [0.1, 0.15) is 11.3 Å². The molecule has 0 saturated carbocycles. The number of anilines is 1. The van der Waals surface area contributed by atoms with E-state index in [0.717, 1.165) is 0 Å². The highest BCUT2D eigenvalue weighted by Crippen LogP contribution is 2.25. The van der Waals surface area contributed by atoms with Crippen LogP contribution < -0.4 is 5.32 Å². The zero-order chi connectivity index (χ0) is 19.1.